The van der Waals surface area contributed by atoms with Gasteiger partial charge in [-0.2, -0.15) is 5.10 Å². The van der Waals surface area contributed by atoms with E-state index in [1.54, 1.807) is 42.6 Å². The lowest BCUT2D eigenvalue weighted by molar-refractivity contribution is 0.474. The van der Waals surface area contributed by atoms with Gasteiger partial charge in [-0.05, 0) is 30.0 Å². The van der Waals surface area contributed by atoms with E-state index in [0.717, 1.165) is 5.75 Å². The molecule has 0 heterocycles. The molecule has 0 bridgehead atoms. The van der Waals surface area contributed by atoms with Crippen molar-refractivity contribution in [3.63, 3.8) is 0 Å². The minimum absolute atomic E-state index is 0.147. The Labute approximate surface area is 139 Å². The van der Waals surface area contributed by atoms with Gasteiger partial charge in [0.25, 0.3) is 0 Å². The van der Waals surface area contributed by atoms with E-state index < -0.39 is 0 Å². The largest absolute Gasteiger partial charge is 0.507 e. The molecule has 0 atom stereocenters. The Balaban J connectivity index is 2.15. The van der Waals surface area contributed by atoms with Gasteiger partial charge in [0.05, 0.1) is 6.21 Å². The standard InChI is InChI=1S/C17H17N3O2S/c1-2-23-17(18-11-13-7-3-5-9-15(13)21)20-19-12-14-8-4-6-10-16(14)22/h3-12,21-22H,2H2,1H3/b18-11+,19-12+,20-17+. The molecule has 0 fully saturated rings. The van der Waals surface area contributed by atoms with E-state index in [0.29, 0.717) is 16.3 Å². The van der Waals surface area contributed by atoms with Gasteiger partial charge in [0.1, 0.15) is 11.5 Å². The second kappa shape index (κ2) is 8.75. The third-order valence-electron chi connectivity index (χ3n) is 2.80. The van der Waals surface area contributed by atoms with Crippen molar-refractivity contribution in [1.82, 2.24) is 0 Å². The molecule has 5 nitrogen and oxygen atoms in total. The van der Waals surface area contributed by atoms with Crippen LogP contribution in [-0.2, 0) is 0 Å². The number of phenolic OH excluding ortho intramolecular Hbond substituents is 2. The molecule has 2 aromatic carbocycles. The average Bonchev–Trinajstić information content (AvgIpc) is 2.55. The lowest BCUT2D eigenvalue weighted by Crippen LogP contribution is -1.91. The van der Waals surface area contributed by atoms with Crippen molar-refractivity contribution in [1.29, 1.82) is 0 Å². The van der Waals surface area contributed by atoms with Crippen LogP contribution in [0.2, 0.25) is 0 Å². The van der Waals surface area contributed by atoms with Crippen molar-refractivity contribution in [3.8, 4) is 11.5 Å². The number of phenols is 2. The topological polar surface area (TPSA) is 77.5 Å². The monoisotopic (exact) mass is 327 g/mol. The molecule has 23 heavy (non-hydrogen) atoms. The molecule has 0 amide bonds. The third kappa shape index (κ3) is 5.27. The van der Waals surface area contributed by atoms with Gasteiger partial charge in [-0.3, -0.25) is 0 Å². The Morgan fingerprint density at radius 3 is 2.09 bits per heavy atom. The highest BCUT2D eigenvalue weighted by Crippen LogP contribution is 2.15. The maximum atomic E-state index is 9.71. The molecule has 0 aliphatic heterocycles. The Morgan fingerprint density at radius 1 is 0.957 bits per heavy atom. The summed E-state index contributed by atoms with van der Waals surface area (Å²) in [5.41, 5.74) is 1.20. The first kappa shape index (κ1) is 16.8. The van der Waals surface area contributed by atoms with Gasteiger partial charge in [-0.25, -0.2) is 4.99 Å². The van der Waals surface area contributed by atoms with Gasteiger partial charge in [0.2, 0.25) is 5.17 Å². The van der Waals surface area contributed by atoms with Crippen molar-refractivity contribution in [2.24, 2.45) is 15.2 Å². The molecule has 118 valence electrons. The summed E-state index contributed by atoms with van der Waals surface area (Å²) in [5.74, 6) is 1.10. The lowest BCUT2D eigenvalue weighted by Gasteiger charge is -1.98. The SMILES string of the molecule is CCSC(/N=C/c1ccccc1O)=N/N=C/c1ccccc1O. The maximum absolute atomic E-state index is 9.71. The van der Waals surface area contributed by atoms with E-state index in [2.05, 4.69) is 15.2 Å². The first-order chi connectivity index (χ1) is 11.2. The summed E-state index contributed by atoms with van der Waals surface area (Å²) in [5, 5.41) is 27.9. The Bertz CT molecular complexity index is 742. The molecule has 0 saturated heterocycles. The fourth-order valence-electron chi connectivity index (χ4n) is 1.68. The highest BCUT2D eigenvalue weighted by Gasteiger charge is 1.99. The van der Waals surface area contributed by atoms with Crippen molar-refractivity contribution in [3.05, 3.63) is 59.7 Å². The zero-order chi connectivity index (χ0) is 16.5. The van der Waals surface area contributed by atoms with Gasteiger partial charge in [0.15, 0.2) is 0 Å². The molecule has 6 heteroatoms. The van der Waals surface area contributed by atoms with Gasteiger partial charge in [0, 0.05) is 17.3 Å². The second-order valence-corrected chi connectivity index (χ2v) is 5.67. The van der Waals surface area contributed by atoms with Crippen LogP contribution in [0, 0.1) is 0 Å². The summed E-state index contributed by atoms with van der Waals surface area (Å²) in [6.45, 7) is 1.99. The van der Waals surface area contributed by atoms with Crippen LogP contribution in [-0.4, -0.2) is 33.6 Å². The first-order valence-electron chi connectivity index (χ1n) is 7.04. The molecule has 0 aliphatic carbocycles. The fourth-order valence-corrected chi connectivity index (χ4v) is 2.17. The van der Waals surface area contributed by atoms with E-state index in [4.69, 9.17) is 0 Å². The Hall–Kier alpha value is -2.60. The Kier molecular flexibility index (Phi) is 6.38. The minimum Gasteiger partial charge on any atom is -0.507 e. The zero-order valence-corrected chi connectivity index (χ0v) is 13.4. The van der Waals surface area contributed by atoms with Crippen LogP contribution in [0.5, 0.6) is 11.5 Å². The van der Waals surface area contributed by atoms with Gasteiger partial charge in [-0.1, -0.05) is 43.0 Å². The number of aliphatic imine (C=N–C) groups is 1. The van der Waals surface area contributed by atoms with Crippen molar-refractivity contribution in [2.45, 2.75) is 6.92 Å². The zero-order valence-electron chi connectivity index (χ0n) is 12.6. The van der Waals surface area contributed by atoms with Crippen molar-refractivity contribution in [2.75, 3.05) is 5.75 Å². The van der Waals surface area contributed by atoms with Gasteiger partial charge >= 0.3 is 0 Å². The number of aromatic hydroxyl groups is 2. The summed E-state index contributed by atoms with van der Waals surface area (Å²) in [6.07, 6.45) is 3.02. The number of rotatable bonds is 4. The summed E-state index contributed by atoms with van der Waals surface area (Å²) >= 11 is 1.44. The predicted molar refractivity (Wildman–Crippen MR) is 97.0 cm³/mol. The molecule has 0 aromatic heterocycles. The van der Waals surface area contributed by atoms with Gasteiger partial charge in [-0.15, -0.1) is 5.10 Å². The van der Waals surface area contributed by atoms with Crippen LogP contribution in [0.4, 0.5) is 0 Å². The molecule has 0 aliphatic rings. The third-order valence-corrected chi connectivity index (χ3v) is 3.54. The number of thioether (sulfide) groups is 1. The second-order valence-electron chi connectivity index (χ2n) is 4.44. The summed E-state index contributed by atoms with van der Waals surface area (Å²) in [7, 11) is 0. The van der Waals surface area contributed by atoms with Crippen LogP contribution >= 0.6 is 11.8 Å². The molecule has 0 spiro atoms. The van der Waals surface area contributed by atoms with Crippen LogP contribution in [0.1, 0.15) is 18.1 Å². The molecule has 2 rings (SSSR count). The normalized spacial score (nSPS) is 12.3. The molecule has 0 saturated carbocycles. The summed E-state index contributed by atoms with van der Waals surface area (Å²) in [6, 6.07) is 13.8. The number of amidine groups is 1. The van der Waals surface area contributed by atoms with E-state index in [1.807, 2.05) is 19.1 Å². The number of nitrogens with zero attached hydrogens (tertiary/aromatic N) is 3. The van der Waals surface area contributed by atoms with Crippen molar-refractivity contribution < 1.29 is 10.2 Å². The maximum Gasteiger partial charge on any atom is 0.208 e. The van der Waals surface area contributed by atoms with Crippen LogP contribution in [0.3, 0.4) is 0 Å². The number of para-hydroxylation sites is 2. The molecular formula is C17H17N3O2S. The Morgan fingerprint density at radius 2 is 1.52 bits per heavy atom. The molecule has 2 aromatic rings. The molecular weight excluding hydrogens is 310 g/mol. The minimum atomic E-state index is 0.147. The highest BCUT2D eigenvalue weighted by atomic mass is 32.2. The van der Waals surface area contributed by atoms with Crippen LogP contribution in [0.15, 0.2) is 63.7 Å². The molecule has 2 N–H and O–H groups in total. The predicted octanol–water partition coefficient (Wildman–Crippen LogP) is 3.66. The van der Waals surface area contributed by atoms with Crippen LogP contribution in [0.25, 0.3) is 0 Å². The first-order valence-corrected chi connectivity index (χ1v) is 8.03. The molecule has 0 radical (unpaired) electrons. The number of hydrogen-bond acceptors (Lipinski definition) is 5. The summed E-state index contributed by atoms with van der Waals surface area (Å²) in [4.78, 5) is 4.25. The highest BCUT2D eigenvalue weighted by molar-refractivity contribution is 8.13. The van der Waals surface area contributed by atoms with E-state index >= 15 is 0 Å². The smallest absolute Gasteiger partial charge is 0.208 e. The lowest BCUT2D eigenvalue weighted by atomic mass is 10.2. The quantitative estimate of drug-likeness (QED) is 0.511. The van der Waals surface area contributed by atoms with E-state index in [1.165, 1.54) is 18.0 Å². The van der Waals surface area contributed by atoms with E-state index in [-0.39, 0.29) is 11.5 Å². The van der Waals surface area contributed by atoms with Crippen LogP contribution < -0.4 is 0 Å². The molecule has 0 unspecified atom stereocenters. The van der Waals surface area contributed by atoms with Crippen molar-refractivity contribution >= 4 is 29.4 Å². The number of hydrogen-bond donors (Lipinski definition) is 2. The van der Waals surface area contributed by atoms with Gasteiger partial charge < -0.3 is 10.2 Å². The van der Waals surface area contributed by atoms with E-state index in [9.17, 15) is 10.2 Å². The number of benzene rings is 2. The summed E-state index contributed by atoms with van der Waals surface area (Å²) < 4.78 is 0. The fraction of sp³-hybridized carbons (Fsp3) is 0.118. The average molecular weight is 327 g/mol.